The highest BCUT2D eigenvalue weighted by molar-refractivity contribution is 5.50. The van der Waals surface area contributed by atoms with E-state index in [0.29, 0.717) is 0 Å². The molecular formula is C14H19N. The monoisotopic (exact) mass is 201 g/mol. The molecule has 0 bridgehead atoms. The second kappa shape index (κ2) is 3.49. The Balaban J connectivity index is 2.12. The van der Waals surface area contributed by atoms with Crippen LogP contribution in [-0.2, 0) is 0 Å². The van der Waals surface area contributed by atoms with Crippen LogP contribution in [0.2, 0.25) is 0 Å². The molecule has 1 heteroatoms. The van der Waals surface area contributed by atoms with E-state index in [0.717, 1.165) is 12.8 Å². The molecule has 0 aliphatic heterocycles. The van der Waals surface area contributed by atoms with Gasteiger partial charge in [0.2, 0.25) is 0 Å². The van der Waals surface area contributed by atoms with Crippen LogP contribution >= 0.6 is 0 Å². The number of nitrogens with two attached hydrogens (primary N) is 1. The highest BCUT2D eigenvalue weighted by atomic mass is 14.9. The molecule has 80 valence electrons. The van der Waals surface area contributed by atoms with Gasteiger partial charge in [0.25, 0.3) is 0 Å². The molecule has 0 amide bonds. The average Bonchev–Trinajstić information content (AvgIpc) is 2.97. The SMILES string of the molecule is CC(C)(/C=C/c1ccccc1)C1(N)CC1. The molecule has 0 heterocycles. The summed E-state index contributed by atoms with van der Waals surface area (Å²) in [5, 5.41) is 0. The molecule has 1 fully saturated rings. The Labute approximate surface area is 92.0 Å². The minimum Gasteiger partial charge on any atom is -0.324 e. The zero-order valence-electron chi connectivity index (χ0n) is 9.53. The minimum atomic E-state index is 0.0400. The lowest BCUT2D eigenvalue weighted by Crippen LogP contribution is -2.38. The van der Waals surface area contributed by atoms with Gasteiger partial charge in [-0.25, -0.2) is 0 Å². The lowest BCUT2D eigenvalue weighted by atomic mass is 9.82. The van der Waals surface area contributed by atoms with Crippen molar-refractivity contribution in [2.24, 2.45) is 11.1 Å². The predicted molar refractivity (Wildman–Crippen MR) is 65.4 cm³/mol. The summed E-state index contributed by atoms with van der Waals surface area (Å²) in [4.78, 5) is 0. The van der Waals surface area contributed by atoms with Crippen molar-refractivity contribution in [3.8, 4) is 0 Å². The molecule has 1 aliphatic rings. The van der Waals surface area contributed by atoms with Crippen LogP contribution in [0, 0.1) is 5.41 Å². The van der Waals surface area contributed by atoms with Crippen molar-refractivity contribution in [3.63, 3.8) is 0 Å². The largest absolute Gasteiger partial charge is 0.324 e. The average molecular weight is 201 g/mol. The molecule has 0 atom stereocenters. The summed E-state index contributed by atoms with van der Waals surface area (Å²) in [6, 6.07) is 10.4. The quantitative estimate of drug-likeness (QED) is 0.798. The zero-order valence-corrected chi connectivity index (χ0v) is 9.53. The highest BCUT2D eigenvalue weighted by Gasteiger charge is 2.49. The Morgan fingerprint density at radius 1 is 1.20 bits per heavy atom. The van der Waals surface area contributed by atoms with Crippen molar-refractivity contribution >= 4 is 6.08 Å². The van der Waals surface area contributed by atoms with Gasteiger partial charge in [0.1, 0.15) is 0 Å². The van der Waals surface area contributed by atoms with Gasteiger partial charge in [-0.3, -0.25) is 0 Å². The standard InChI is InChI=1S/C14H19N/c1-13(2,14(15)10-11-14)9-8-12-6-4-3-5-7-12/h3-9H,10-11,15H2,1-2H3/b9-8+. The predicted octanol–water partition coefficient (Wildman–Crippen LogP) is 3.22. The summed E-state index contributed by atoms with van der Waals surface area (Å²) in [6.45, 7) is 4.44. The highest BCUT2D eigenvalue weighted by Crippen LogP contribution is 2.48. The molecule has 0 spiro atoms. The van der Waals surface area contributed by atoms with Crippen LogP contribution in [0.15, 0.2) is 36.4 Å². The van der Waals surface area contributed by atoms with Gasteiger partial charge in [0, 0.05) is 11.0 Å². The zero-order chi connectivity index (χ0) is 10.9. The molecule has 1 aromatic carbocycles. The summed E-state index contributed by atoms with van der Waals surface area (Å²) in [7, 11) is 0. The Kier molecular flexibility index (Phi) is 2.43. The number of hydrogen-bond acceptors (Lipinski definition) is 1. The minimum absolute atomic E-state index is 0.0400. The Morgan fingerprint density at radius 2 is 1.80 bits per heavy atom. The second-order valence-electron chi connectivity index (χ2n) is 5.12. The van der Waals surface area contributed by atoms with Gasteiger partial charge in [-0.15, -0.1) is 0 Å². The first kappa shape index (κ1) is 10.4. The number of hydrogen-bond donors (Lipinski definition) is 1. The van der Waals surface area contributed by atoms with E-state index in [1.54, 1.807) is 0 Å². The Bertz CT molecular complexity index is 358. The van der Waals surface area contributed by atoms with Crippen LogP contribution in [0.25, 0.3) is 6.08 Å². The van der Waals surface area contributed by atoms with E-state index in [1.807, 2.05) is 6.07 Å². The van der Waals surface area contributed by atoms with E-state index in [4.69, 9.17) is 5.73 Å². The Hall–Kier alpha value is -1.08. The molecule has 0 radical (unpaired) electrons. The molecule has 1 nitrogen and oxygen atoms in total. The first-order valence-electron chi connectivity index (χ1n) is 5.57. The van der Waals surface area contributed by atoms with Crippen LogP contribution in [0.3, 0.4) is 0 Å². The molecule has 1 aliphatic carbocycles. The van der Waals surface area contributed by atoms with Gasteiger partial charge in [-0.05, 0) is 18.4 Å². The van der Waals surface area contributed by atoms with E-state index >= 15 is 0 Å². The maximum Gasteiger partial charge on any atom is 0.0242 e. The van der Waals surface area contributed by atoms with Crippen LogP contribution in [0.1, 0.15) is 32.3 Å². The first-order chi connectivity index (χ1) is 7.04. The molecule has 0 aromatic heterocycles. The molecule has 1 saturated carbocycles. The van der Waals surface area contributed by atoms with E-state index in [9.17, 15) is 0 Å². The molecule has 15 heavy (non-hydrogen) atoms. The normalized spacial score (nSPS) is 19.4. The van der Waals surface area contributed by atoms with E-state index < -0.39 is 0 Å². The number of benzene rings is 1. The summed E-state index contributed by atoms with van der Waals surface area (Å²) in [6.07, 6.45) is 6.72. The fourth-order valence-corrected chi connectivity index (χ4v) is 1.81. The van der Waals surface area contributed by atoms with Crippen molar-refractivity contribution in [2.45, 2.75) is 32.2 Å². The molecule has 1 aromatic rings. The van der Waals surface area contributed by atoms with Crippen molar-refractivity contribution in [1.82, 2.24) is 0 Å². The fraction of sp³-hybridized carbons (Fsp3) is 0.429. The van der Waals surface area contributed by atoms with Gasteiger partial charge >= 0.3 is 0 Å². The lowest BCUT2D eigenvalue weighted by Gasteiger charge is -2.28. The fourth-order valence-electron chi connectivity index (χ4n) is 1.81. The summed E-state index contributed by atoms with van der Waals surface area (Å²) in [5.41, 5.74) is 7.62. The third-order valence-corrected chi connectivity index (χ3v) is 3.56. The summed E-state index contributed by atoms with van der Waals surface area (Å²) in [5.74, 6) is 0. The first-order valence-corrected chi connectivity index (χ1v) is 5.57. The van der Waals surface area contributed by atoms with Crippen molar-refractivity contribution in [2.75, 3.05) is 0 Å². The van der Waals surface area contributed by atoms with Crippen molar-refractivity contribution in [3.05, 3.63) is 42.0 Å². The third-order valence-electron chi connectivity index (χ3n) is 3.56. The van der Waals surface area contributed by atoms with Crippen LogP contribution in [0.4, 0.5) is 0 Å². The van der Waals surface area contributed by atoms with Gasteiger partial charge in [-0.1, -0.05) is 56.3 Å². The molecule has 2 N–H and O–H groups in total. The molecule has 2 rings (SSSR count). The number of rotatable bonds is 3. The molecule has 0 saturated heterocycles. The van der Waals surface area contributed by atoms with Gasteiger partial charge < -0.3 is 5.73 Å². The maximum atomic E-state index is 6.24. The second-order valence-corrected chi connectivity index (χ2v) is 5.12. The molecular weight excluding hydrogens is 182 g/mol. The van der Waals surface area contributed by atoms with Crippen LogP contribution in [0.5, 0.6) is 0 Å². The third kappa shape index (κ3) is 2.13. The van der Waals surface area contributed by atoms with Crippen LogP contribution in [-0.4, -0.2) is 5.54 Å². The smallest absolute Gasteiger partial charge is 0.0242 e. The summed E-state index contributed by atoms with van der Waals surface area (Å²) >= 11 is 0. The van der Waals surface area contributed by atoms with Gasteiger partial charge in [0.15, 0.2) is 0 Å². The summed E-state index contributed by atoms with van der Waals surface area (Å²) < 4.78 is 0. The topological polar surface area (TPSA) is 26.0 Å². The van der Waals surface area contributed by atoms with Gasteiger partial charge in [0.05, 0.1) is 0 Å². The van der Waals surface area contributed by atoms with E-state index in [2.05, 4.69) is 50.3 Å². The van der Waals surface area contributed by atoms with E-state index in [-0.39, 0.29) is 11.0 Å². The Morgan fingerprint density at radius 3 is 2.33 bits per heavy atom. The maximum absolute atomic E-state index is 6.24. The van der Waals surface area contributed by atoms with Gasteiger partial charge in [-0.2, -0.15) is 0 Å². The van der Waals surface area contributed by atoms with Crippen molar-refractivity contribution in [1.29, 1.82) is 0 Å². The van der Waals surface area contributed by atoms with Crippen LogP contribution < -0.4 is 5.73 Å². The van der Waals surface area contributed by atoms with E-state index in [1.165, 1.54) is 5.56 Å². The lowest BCUT2D eigenvalue weighted by molar-refractivity contribution is 0.354. The molecule has 0 unspecified atom stereocenters. The van der Waals surface area contributed by atoms with Crippen molar-refractivity contribution < 1.29 is 0 Å².